The highest BCUT2D eigenvalue weighted by molar-refractivity contribution is 7.98. The van der Waals surface area contributed by atoms with Crippen molar-refractivity contribution < 1.29 is 0 Å². The Morgan fingerprint density at radius 2 is 1.84 bits per heavy atom. The molecule has 1 aromatic rings. The zero-order valence-electron chi connectivity index (χ0n) is 11.6. The molecule has 1 aliphatic rings. The standard InChI is InChI=1S/C12H22N6S/c1-13-10-15-11(14-6-9-19-2)17-12(16-10)18-7-4-3-5-8-18/h3-9H2,1-2H3,(H2,13,14,15,16,17). The number of piperidine rings is 1. The van der Waals surface area contributed by atoms with E-state index < -0.39 is 0 Å². The van der Waals surface area contributed by atoms with Crippen molar-refractivity contribution in [3.05, 3.63) is 0 Å². The lowest BCUT2D eigenvalue weighted by Crippen LogP contribution is -2.31. The molecular weight excluding hydrogens is 260 g/mol. The molecule has 0 spiro atoms. The summed E-state index contributed by atoms with van der Waals surface area (Å²) in [5, 5.41) is 6.25. The molecule has 2 rings (SSSR count). The predicted molar refractivity (Wildman–Crippen MR) is 82.3 cm³/mol. The number of hydrogen-bond donors (Lipinski definition) is 2. The van der Waals surface area contributed by atoms with Crippen molar-refractivity contribution in [2.45, 2.75) is 19.3 Å². The summed E-state index contributed by atoms with van der Waals surface area (Å²) in [4.78, 5) is 15.6. The SMILES string of the molecule is CNc1nc(NCCSC)nc(N2CCCCC2)n1. The quantitative estimate of drug-likeness (QED) is 0.769. The highest BCUT2D eigenvalue weighted by Gasteiger charge is 2.15. The summed E-state index contributed by atoms with van der Waals surface area (Å²) in [5.41, 5.74) is 0. The lowest BCUT2D eigenvalue weighted by Gasteiger charge is -2.26. The molecule has 19 heavy (non-hydrogen) atoms. The number of rotatable bonds is 6. The smallest absolute Gasteiger partial charge is 0.231 e. The summed E-state index contributed by atoms with van der Waals surface area (Å²) in [6.07, 6.45) is 5.83. The molecule has 1 aliphatic heterocycles. The Kier molecular flexibility index (Phi) is 5.50. The first-order chi connectivity index (χ1) is 9.33. The normalized spacial score (nSPS) is 15.4. The van der Waals surface area contributed by atoms with Crippen LogP contribution in [0.1, 0.15) is 19.3 Å². The molecule has 106 valence electrons. The van der Waals surface area contributed by atoms with Gasteiger partial charge in [-0.3, -0.25) is 0 Å². The molecule has 0 aromatic carbocycles. The van der Waals surface area contributed by atoms with Crippen molar-refractivity contribution in [2.24, 2.45) is 0 Å². The molecule has 1 fully saturated rings. The van der Waals surface area contributed by atoms with E-state index in [2.05, 4.69) is 36.7 Å². The minimum absolute atomic E-state index is 0.627. The Balaban J connectivity index is 2.10. The average molecular weight is 282 g/mol. The monoisotopic (exact) mass is 282 g/mol. The molecule has 0 unspecified atom stereocenters. The Morgan fingerprint density at radius 3 is 2.53 bits per heavy atom. The Morgan fingerprint density at radius 1 is 1.11 bits per heavy atom. The van der Waals surface area contributed by atoms with Crippen LogP contribution in [0.5, 0.6) is 0 Å². The Hall–Kier alpha value is -1.24. The maximum atomic E-state index is 4.52. The van der Waals surface area contributed by atoms with Gasteiger partial charge in [-0.25, -0.2) is 0 Å². The first-order valence-corrected chi connectivity index (χ1v) is 8.14. The Labute approximate surface area is 118 Å². The molecule has 1 saturated heterocycles. The van der Waals surface area contributed by atoms with Gasteiger partial charge in [-0.1, -0.05) is 0 Å². The summed E-state index contributed by atoms with van der Waals surface area (Å²) in [7, 11) is 1.83. The van der Waals surface area contributed by atoms with Gasteiger partial charge in [-0.2, -0.15) is 26.7 Å². The second-order valence-electron chi connectivity index (χ2n) is 4.50. The van der Waals surface area contributed by atoms with Crippen LogP contribution in [0.25, 0.3) is 0 Å². The zero-order chi connectivity index (χ0) is 13.5. The van der Waals surface area contributed by atoms with Crippen molar-refractivity contribution in [1.82, 2.24) is 15.0 Å². The fourth-order valence-electron chi connectivity index (χ4n) is 2.06. The van der Waals surface area contributed by atoms with Gasteiger partial charge in [0.1, 0.15) is 0 Å². The molecule has 1 aromatic heterocycles. The second kappa shape index (κ2) is 7.37. The first kappa shape index (κ1) is 14.2. The van der Waals surface area contributed by atoms with Crippen molar-refractivity contribution >= 4 is 29.6 Å². The van der Waals surface area contributed by atoms with Crippen LogP contribution in [0.4, 0.5) is 17.8 Å². The molecule has 6 nitrogen and oxygen atoms in total. The molecule has 2 N–H and O–H groups in total. The van der Waals surface area contributed by atoms with Gasteiger partial charge in [-0.05, 0) is 25.5 Å². The van der Waals surface area contributed by atoms with Crippen LogP contribution in [0.3, 0.4) is 0 Å². The largest absolute Gasteiger partial charge is 0.357 e. The van der Waals surface area contributed by atoms with Crippen LogP contribution in [-0.2, 0) is 0 Å². The van der Waals surface area contributed by atoms with Crippen LogP contribution < -0.4 is 15.5 Å². The highest BCUT2D eigenvalue weighted by atomic mass is 32.2. The van der Waals surface area contributed by atoms with E-state index in [1.54, 1.807) is 11.8 Å². The lowest BCUT2D eigenvalue weighted by atomic mass is 10.1. The molecule has 7 heteroatoms. The predicted octanol–water partition coefficient (Wildman–Crippen LogP) is 1.68. The third-order valence-electron chi connectivity index (χ3n) is 3.08. The first-order valence-electron chi connectivity index (χ1n) is 6.75. The maximum Gasteiger partial charge on any atom is 0.231 e. The fourth-order valence-corrected chi connectivity index (χ4v) is 2.36. The minimum Gasteiger partial charge on any atom is -0.357 e. The fraction of sp³-hybridized carbons (Fsp3) is 0.750. The van der Waals surface area contributed by atoms with E-state index in [0.717, 1.165) is 31.3 Å². The molecule has 0 bridgehead atoms. The van der Waals surface area contributed by atoms with Gasteiger partial charge in [0.05, 0.1) is 0 Å². The van der Waals surface area contributed by atoms with Crippen LogP contribution in [0.15, 0.2) is 0 Å². The van der Waals surface area contributed by atoms with E-state index in [1.807, 2.05) is 7.05 Å². The molecule has 0 atom stereocenters. The van der Waals surface area contributed by atoms with E-state index in [-0.39, 0.29) is 0 Å². The molecule has 0 aliphatic carbocycles. The summed E-state index contributed by atoms with van der Waals surface area (Å²) < 4.78 is 0. The van der Waals surface area contributed by atoms with Gasteiger partial charge >= 0.3 is 0 Å². The van der Waals surface area contributed by atoms with Gasteiger partial charge in [-0.15, -0.1) is 0 Å². The number of anilines is 3. The number of nitrogens with one attached hydrogen (secondary N) is 2. The molecule has 0 radical (unpaired) electrons. The Bertz CT molecular complexity index is 394. The van der Waals surface area contributed by atoms with Crippen molar-refractivity contribution in [1.29, 1.82) is 0 Å². The topological polar surface area (TPSA) is 66.0 Å². The maximum absolute atomic E-state index is 4.52. The number of thioether (sulfide) groups is 1. The van der Waals surface area contributed by atoms with Crippen LogP contribution in [0.2, 0.25) is 0 Å². The van der Waals surface area contributed by atoms with Gasteiger partial charge in [0, 0.05) is 32.4 Å². The lowest BCUT2D eigenvalue weighted by molar-refractivity contribution is 0.568. The van der Waals surface area contributed by atoms with E-state index in [0.29, 0.717) is 11.9 Å². The van der Waals surface area contributed by atoms with E-state index in [9.17, 15) is 0 Å². The highest BCUT2D eigenvalue weighted by Crippen LogP contribution is 2.18. The second-order valence-corrected chi connectivity index (χ2v) is 5.49. The third kappa shape index (κ3) is 4.12. The van der Waals surface area contributed by atoms with Gasteiger partial charge in [0.15, 0.2) is 0 Å². The van der Waals surface area contributed by atoms with Crippen molar-refractivity contribution in [3.8, 4) is 0 Å². The number of hydrogen-bond acceptors (Lipinski definition) is 7. The van der Waals surface area contributed by atoms with Crippen molar-refractivity contribution in [2.75, 3.05) is 54.2 Å². The van der Waals surface area contributed by atoms with Gasteiger partial charge in [0.2, 0.25) is 17.8 Å². The third-order valence-corrected chi connectivity index (χ3v) is 3.69. The minimum atomic E-state index is 0.627. The van der Waals surface area contributed by atoms with E-state index >= 15 is 0 Å². The summed E-state index contributed by atoms with van der Waals surface area (Å²) in [5.74, 6) is 3.11. The number of nitrogens with zero attached hydrogens (tertiary/aromatic N) is 4. The van der Waals surface area contributed by atoms with Crippen molar-refractivity contribution in [3.63, 3.8) is 0 Å². The zero-order valence-corrected chi connectivity index (χ0v) is 12.5. The summed E-state index contributed by atoms with van der Waals surface area (Å²) in [6, 6.07) is 0. The van der Waals surface area contributed by atoms with Crippen LogP contribution >= 0.6 is 11.8 Å². The van der Waals surface area contributed by atoms with E-state index in [4.69, 9.17) is 0 Å². The molecular formula is C12H22N6S. The summed E-state index contributed by atoms with van der Waals surface area (Å²) in [6.45, 7) is 2.95. The molecule has 0 saturated carbocycles. The van der Waals surface area contributed by atoms with Gasteiger partial charge < -0.3 is 15.5 Å². The summed E-state index contributed by atoms with van der Waals surface area (Å²) >= 11 is 1.80. The molecule has 0 amide bonds. The average Bonchev–Trinajstić information content (AvgIpc) is 2.48. The van der Waals surface area contributed by atoms with Crippen LogP contribution in [-0.4, -0.2) is 53.6 Å². The van der Waals surface area contributed by atoms with E-state index in [1.165, 1.54) is 19.3 Å². The molecule has 2 heterocycles. The number of aromatic nitrogens is 3. The van der Waals surface area contributed by atoms with Crippen LogP contribution in [0, 0.1) is 0 Å². The van der Waals surface area contributed by atoms with Gasteiger partial charge in [0.25, 0.3) is 0 Å².